The fraction of sp³-hybridized carbons (Fsp3) is 0.333. The Balaban J connectivity index is 2.05. The van der Waals surface area contributed by atoms with Crippen molar-refractivity contribution in [3.8, 4) is 0 Å². The van der Waals surface area contributed by atoms with Crippen molar-refractivity contribution in [1.29, 1.82) is 0 Å². The van der Waals surface area contributed by atoms with Gasteiger partial charge >= 0.3 is 0 Å². The van der Waals surface area contributed by atoms with E-state index >= 15 is 0 Å². The lowest BCUT2D eigenvalue weighted by atomic mass is 10.1. The molecule has 0 radical (unpaired) electrons. The number of nitrogens with one attached hydrogen (secondary N) is 1. The monoisotopic (exact) mass is 289 g/mol. The number of thioether (sulfide) groups is 1. The van der Waals surface area contributed by atoms with Crippen LogP contribution in [-0.2, 0) is 12.3 Å². The molecule has 0 bridgehead atoms. The van der Waals surface area contributed by atoms with Crippen LogP contribution < -0.4 is 5.32 Å². The number of nitrogens with zero attached hydrogens (tertiary/aromatic N) is 2. The van der Waals surface area contributed by atoms with E-state index in [9.17, 15) is 4.79 Å². The van der Waals surface area contributed by atoms with Crippen molar-refractivity contribution in [2.45, 2.75) is 25.6 Å². The molecule has 4 nitrogen and oxygen atoms in total. The van der Waals surface area contributed by atoms with E-state index in [-0.39, 0.29) is 5.91 Å². The fourth-order valence-corrected chi connectivity index (χ4v) is 2.46. The molecule has 0 atom stereocenters. The molecular weight excluding hydrogens is 270 g/mol. The number of benzene rings is 1. The van der Waals surface area contributed by atoms with Crippen LogP contribution in [0.2, 0.25) is 0 Å². The second-order valence-electron chi connectivity index (χ2n) is 4.52. The third-order valence-electron chi connectivity index (χ3n) is 2.92. The molecule has 2 rings (SSSR count). The minimum atomic E-state index is -0.0986. The first-order valence-electron chi connectivity index (χ1n) is 6.65. The molecule has 20 heavy (non-hydrogen) atoms. The standard InChI is InChI=1S/C15H19N3OS/c1-3-10-18-14(8-9-16-18)17-15(19)13-6-4-12(5-7-13)11-20-2/h4-9H,3,10-11H2,1-2H3,(H,17,19). The van der Waals surface area contributed by atoms with Crippen molar-refractivity contribution in [3.05, 3.63) is 47.7 Å². The van der Waals surface area contributed by atoms with Gasteiger partial charge in [-0.1, -0.05) is 19.1 Å². The van der Waals surface area contributed by atoms with E-state index in [1.54, 1.807) is 22.6 Å². The minimum absolute atomic E-state index is 0.0986. The third kappa shape index (κ3) is 3.63. The first kappa shape index (κ1) is 14.7. The average Bonchev–Trinajstić information content (AvgIpc) is 2.88. The quantitative estimate of drug-likeness (QED) is 0.886. The zero-order chi connectivity index (χ0) is 14.4. The van der Waals surface area contributed by atoms with E-state index in [4.69, 9.17) is 0 Å². The van der Waals surface area contributed by atoms with Gasteiger partial charge in [0.05, 0.1) is 6.20 Å². The Hall–Kier alpha value is -1.75. The summed E-state index contributed by atoms with van der Waals surface area (Å²) in [5, 5.41) is 7.09. The first-order chi connectivity index (χ1) is 9.74. The summed E-state index contributed by atoms with van der Waals surface area (Å²) >= 11 is 1.77. The van der Waals surface area contributed by atoms with Gasteiger partial charge in [0.25, 0.3) is 5.91 Å². The maximum Gasteiger partial charge on any atom is 0.256 e. The number of carbonyl (C=O) groups excluding carboxylic acids is 1. The first-order valence-corrected chi connectivity index (χ1v) is 8.05. The zero-order valence-corrected chi connectivity index (χ0v) is 12.6. The third-order valence-corrected chi connectivity index (χ3v) is 3.54. The Morgan fingerprint density at radius 1 is 1.30 bits per heavy atom. The normalized spacial score (nSPS) is 10.5. The molecule has 106 valence electrons. The molecule has 0 saturated heterocycles. The lowest BCUT2D eigenvalue weighted by Crippen LogP contribution is -2.15. The SMILES string of the molecule is CCCn1nccc1NC(=O)c1ccc(CSC)cc1. The second-order valence-corrected chi connectivity index (χ2v) is 5.39. The van der Waals surface area contributed by atoms with Crippen LogP contribution in [0, 0.1) is 0 Å². The molecule has 2 aromatic rings. The summed E-state index contributed by atoms with van der Waals surface area (Å²) in [6.07, 6.45) is 4.75. The lowest BCUT2D eigenvalue weighted by molar-refractivity contribution is 0.102. The number of aryl methyl sites for hydroxylation is 1. The summed E-state index contributed by atoms with van der Waals surface area (Å²) in [4.78, 5) is 12.2. The Kier molecular flexibility index (Phi) is 5.24. The number of hydrogen-bond donors (Lipinski definition) is 1. The molecule has 0 aliphatic rings. The van der Waals surface area contributed by atoms with E-state index in [2.05, 4.69) is 23.6 Å². The average molecular weight is 289 g/mol. The van der Waals surface area contributed by atoms with Gasteiger partial charge in [-0.15, -0.1) is 0 Å². The van der Waals surface area contributed by atoms with Crippen molar-refractivity contribution < 1.29 is 4.79 Å². The van der Waals surface area contributed by atoms with Crippen molar-refractivity contribution in [2.75, 3.05) is 11.6 Å². The summed E-state index contributed by atoms with van der Waals surface area (Å²) < 4.78 is 1.81. The van der Waals surface area contributed by atoms with Crippen molar-refractivity contribution in [2.24, 2.45) is 0 Å². The maximum atomic E-state index is 12.2. The summed E-state index contributed by atoms with van der Waals surface area (Å²) in [6.45, 7) is 2.88. The smallest absolute Gasteiger partial charge is 0.256 e. The number of anilines is 1. The van der Waals surface area contributed by atoms with Gasteiger partial charge in [-0.3, -0.25) is 4.79 Å². The predicted octanol–water partition coefficient (Wildman–Crippen LogP) is 3.41. The summed E-state index contributed by atoms with van der Waals surface area (Å²) in [7, 11) is 0. The van der Waals surface area contributed by atoms with E-state index < -0.39 is 0 Å². The molecule has 0 spiro atoms. The van der Waals surface area contributed by atoms with Crippen molar-refractivity contribution in [1.82, 2.24) is 9.78 Å². The molecule has 1 heterocycles. The van der Waals surface area contributed by atoms with Crippen LogP contribution in [0.1, 0.15) is 29.3 Å². The van der Waals surface area contributed by atoms with Gasteiger partial charge in [0.2, 0.25) is 0 Å². The molecule has 0 aliphatic carbocycles. The maximum absolute atomic E-state index is 12.2. The molecule has 0 saturated carbocycles. The summed E-state index contributed by atoms with van der Waals surface area (Å²) in [5.41, 5.74) is 1.89. The van der Waals surface area contributed by atoms with Crippen LogP contribution >= 0.6 is 11.8 Å². The van der Waals surface area contributed by atoms with Gasteiger partial charge in [-0.05, 0) is 30.4 Å². The summed E-state index contributed by atoms with van der Waals surface area (Å²) in [5.74, 6) is 1.61. The van der Waals surface area contributed by atoms with Crippen LogP contribution in [0.5, 0.6) is 0 Å². The van der Waals surface area contributed by atoms with Gasteiger partial charge in [0, 0.05) is 23.9 Å². The van der Waals surface area contributed by atoms with Gasteiger partial charge in [0.15, 0.2) is 0 Å². The van der Waals surface area contributed by atoms with E-state index in [0.29, 0.717) is 5.56 Å². The molecule has 1 aromatic carbocycles. The van der Waals surface area contributed by atoms with Crippen LogP contribution in [0.4, 0.5) is 5.82 Å². The molecule has 0 fully saturated rings. The Morgan fingerprint density at radius 2 is 2.05 bits per heavy atom. The molecule has 0 unspecified atom stereocenters. The zero-order valence-electron chi connectivity index (χ0n) is 11.8. The van der Waals surface area contributed by atoms with Gasteiger partial charge in [-0.2, -0.15) is 16.9 Å². The van der Waals surface area contributed by atoms with Crippen LogP contribution in [0.15, 0.2) is 36.5 Å². The summed E-state index contributed by atoms with van der Waals surface area (Å²) in [6, 6.07) is 9.53. The molecule has 0 aliphatic heterocycles. The van der Waals surface area contributed by atoms with Crippen molar-refractivity contribution >= 4 is 23.5 Å². The van der Waals surface area contributed by atoms with E-state index in [1.807, 2.05) is 30.3 Å². The van der Waals surface area contributed by atoms with Crippen molar-refractivity contribution in [3.63, 3.8) is 0 Å². The lowest BCUT2D eigenvalue weighted by Gasteiger charge is -2.08. The largest absolute Gasteiger partial charge is 0.307 e. The molecule has 1 amide bonds. The molecule has 1 N–H and O–H groups in total. The predicted molar refractivity (Wildman–Crippen MR) is 84.1 cm³/mol. The highest BCUT2D eigenvalue weighted by Crippen LogP contribution is 2.13. The fourth-order valence-electron chi connectivity index (χ4n) is 1.94. The van der Waals surface area contributed by atoms with Gasteiger partial charge < -0.3 is 5.32 Å². The molecule has 5 heteroatoms. The van der Waals surface area contributed by atoms with E-state index in [0.717, 1.165) is 24.5 Å². The van der Waals surface area contributed by atoms with Crippen LogP contribution in [0.25, 0.3) is 0 Å². The Bertz CT molecular complexity index is 563. The number of amides is 1. The Labute approximate surface area is 123 Å². The van der Waals surface area contributed by atoms with Gasteiger partial charge in [0.1, 0.15) is 5.82 Å². The minimum Gasteiger partial charge on any atom is -0.307 e. The highest BCUT2D eigenvalue weighted by Gasteiger charge is 2.09. The number of rotatable bonds is 6. The van der Waals surface area contributed by atoms with Gasteiger partial charge in [-0.25, -0.2) is 4.68 Å². The number of hydrogen-bond acceptors (Lipinski definition) is 3. The molecule has 1 aromatic heterocycles. The number of carbonyl (C=O) groups is 1. The van der Waals surface area contributed by atoms with E-state index in [1.165, 1.54) is 5.56 Å². The number of aromatic nitrogens is 2. The molecular formula is C15H19N3OS. The highest BCUT2D eigenvalue weighted by molar-refractivity contribution is 7.97. The van der Waals surface area contributed by atoms with Crippen LogP contribution in [0.3, 0.4) is 0 Å². The van der Waals surface area contributed by atoms with Crippen LogP contribution in [-0.4, -0.2) is 21.9 Å². The Morgan fingerprint density at radius 3 is 2.70 bits per heavy atom. The highest BCUT2D eigenvalue weighted by atomic mass is 32.2. The topological polar surface area (TPSA) is 46.9 Å². The second kappa shape index (κ2) is 7.14.